The molecule has 0 atom stereocenters. The number of benzene rings is 1. The molecule has 0 unspecified atom stereocenters. The molecule has 0 radical (unpaired) electrons. The number of hydrogen-bond donors (Lipinski definition) is 1. The summed E-state index contributed by atoms with van der Waals surface area (Å²) in [6.07, 6.45) is 3.39. The van der Waals surface area contributed by atoms with Gasteiger partial charge in [-0.25, -0.2) is 4.98 Å². The fraction of sp³-hybridized carbons (Fsp3) is 0.0909. The lowest BCUT2D eigenvalue weighted by Crippen LogP contribution is -1.87. The summed E-state index contributed by atoms with van der Waals surface area (Å²) in [6, 6.07) is 5.93. The molecule has 0 aliphatic rings. The van der Waals surface area contributed by atoms with Gasteiger partial charge in [0.1, 0.15) is 0 Å². The Morgan fingerprint density at radius 2 is 2.19 bits per heavy atom. The van der Waals surface area contributed by atoms with Gasteiger partial charge in [0.2, 0.25) is 5.88 Å². The minimum absolute atomic E-state index is 0.318. The zero-order chi connectivity index (χ0) is 11.1. The van der Waals surface area contributed by atoms with Gasteiger partial charge in [0.15, 0.2) is 0 Å². The molecule has 0 aliphatic heterocycles. The van der Waals surface area contributed by atoms with Crippen LogP contribution in [-0.4, -0.2) is 14.7 Å². The molecule has 0 amide bonds. The molecular formula is C11H10N4O. The Balaban J connectivity index is 2.36. The van der Waals surface area contributed by atoms with E-state index in [1.54, 1.807) is 12.5 Å². The van der Waals surface area contributed by atoms with Crippen molar-refractivity contribution < 1.29 is 4.52 Å². The predicted molar refractivity (Wildman–Crippen MR) is 60.6 cm³/mol. The average Bonchev–Trinajstić information content (AvgIpc) is 2.86. The van der Waals surface area contributed by atoms with Gasteiger partial charge in [-0.3, -0.25) is 0 Å². The highest BCUT2D eigenvalue weighted by atomic mass is 16.5. The van der Waals surface area contributed by atoms with Crippen LogP contribution in [-0.2, 0) is 7.05 Å². The molecule has 3 rings (SSSR count). The molecule has 0 saturated carbocycles. The van der Waals surface area contributed by atoms with E-state index in [9.17, 15) is 0 Å². The minimum Gasteiger partial charge on any atom is -0.367 e. The monoisotopic (exact) mass is 214 g/mol. The molecule has 16 heavy (non-hydrogen) atoms. The summed E-state index contributed by atoms with van der Waals surface area (Å²) in [7, 11) is 1.95. The largest absolute Gasteiger partial charge is 0.367 e. The van der Waals surface area contributed by atoms with Gasteiger partial charge in [-0.05, 0) is 6.07 Å². The smallest absolute Gasteiger partial charge is 0.230 e. The van der Waals surface area contributed by atoms with E-state index in [2.05, 4.69) is 10.1 Å². The lowest BCUT2D eigenvalue weighted by atomic mass is 10.1. The molecule has 0 aliphatic carbocycles. The zero-order valence-corrected chi connectivity index (χ0v) is 8.71. The number of imidazole rings is 1. The van der Waals surface area contributed by atoms with Crippen molar-refractivity contribution >= 4 is 16.9 Å². The number of rotatable bonds is 1. The Morgan fingerprint density at radius 3 is 2.94 bits per heavy atom. The maximum absolute atomic E-state index is 5.71. The van der Waals surface area contributed by atoms with E-state index >= 15 is 0 Å². The van der Waals surface area contributed by atoms with Gasteiger partial charge in [-0.1, -0.05) is 17.3 Å². The highest BCUT2D eigenvalue weighted by Crippen LogP contribution is 2.30. The molecule has 0 fully saturated rings. The number of nitrogen functional groups attached to an aromatic ring is 1. The Bertz CT molecular complexity index is 653. The van der Waals surface area contributed by atoms with Crippen molar-refractivity contribution in [1.29, 1.82) is 0 Å². The third-order valence-corrected chi connectivity index (χ3v) is 2.64. The third kappa shape index (κ3) is 1.11. The molecule has 5 heteroatoms. The van der Waals surface area contributed by atoms with Crippen molar-refractivity contribution in [2.45, 2.75) is 0 Å². The summed E-state index contributed by atoms with van der Waals surface area (Å²) >= 11 is 0. The first-order valence-electron chi connectivity index (χ1n) is 4.88. The Hall–Kier alpha value is -2.30. The third-order valence-electron chi connectivity index (χ3n) is 2.64. The number of hydrogen-bond acceptors (Lipinski definition) is 4. The van der Waals surface area contributed by atoms with E-state index in [0.29, 0.717) is 5.88 Å². The fourth-order valence-electron chi connectivity index (χ4n) is 1.83. The van der Waals surface area contributed by atoms with E-state index in [1.165, 1.54) is 0 Å². The number of para-hydroxylation sites is 1. The SMILES string of the molecule is Cn1cnc2c(-c3cnoc3N)cccc21. The van der Waals surface area contributed by atoms with Crippen LogP contribution in [0.3, 0.4) is 0 Å². The van der Waals surface area contributed by atoms with Crippen LogP contribution in [0, 0.1) is 0 Å². The van der Waals surface area contributed by atoms with Gasteiger partial charge in [0.25, 0.3) is 0 Å². The molecule has 80 valence electrons. The summed E-state index contributed by atoms with van der Waals surface area (Å²) < 4.78 is 6.83. The summed E-state index contributed by atoms with van der Waals surface area (Å²) in [4.78, 5) is 4.35. The second-order valence-electron chi connectivity index (χ2n) is 3.63. The number of aromatic nitrogens is 3. The minimum atomic E-state index is 0.318. The molecule has 1 aromatic carbocycles. The number of nitrogens with two attached hydrogens (primary N) is 1. The molecule has 2 N–H and O–H groups in total. The Morgan fingerprint density at radius 1 is 1.31 bits per heavy atom. The summed E-state index contributed by atoms with van der Waals surface area (Å²) in [5, 5.41) is 3.68. The van der Waals surface area contributed by atoms with E-state index in [-0.39, 0.29) is 0 Å². The first kappa shape index (κ1) is 8.96. The van der Waals surface area contributed by atoms with Gasteiger partial charge >= 0.3 is 0 Å². The van der Waals surface area contributed by atoms with Crippen molar-refractivity contribution in [1.82, 2.24) is 14.7 Å². The lowest BCUT2D eigenvalue weighted by Gasteiger charge is -2.00. The predicted octanol–water partition coefficient (Wildman–Crippen LogP) is 1.81. The molecule has 2 aromatic heterocycles. The summed E-state index contributed by atoms with van der Waals surface area (Å²) in [5.41, 5.74) is 9.39. The Kier molecular flexibility index (Phi) is 1.73. The van der Waals surface area contributed by atoms with Crippen LogP contribution >= 0.6 is 0 Å². The van der Waals surface area contributed by atoms with Crippen LogP contribution in [0.2, 0.25) is 0 Å². The Labute approximate surface area is 91.5 Å². The standard InChI is InChI=1S/C11H10N4O/c1-15-6-13-10-7(3-2-4-9(10)15)8-5-14-16-11(8)12/h2-6H,12H2,1H3. The van der Waals surface area contributed by atoms with Crippen LogP contribution in [0.1, 0.15) is 0 Å². The average molecular weight is 214 g/mol. The van der Waals surface area contributed by atoms with Crippen LogP contribution in [0.15, 0.2) is 35.2 Å². The number of anilines is 1. The maximum Gasteiger partial charge on any atom is 0.230 e. The van der Waals surface area contributed by atoms with Crippen LogP contribution in [0.25, 0.3) is 22.2 Å². The second-order valence-corrected chi connectivity index (χ2v) is 3.63. The lowest BCUT2D eigenvalue weighted by molar-refractivity contribution is 0.436. The fourth-order valence-corrected chi connectivity index (χ4v) is 1.83. The van der Waals surface area contributed by atoms with Crippen molar-refractivity contribution in [2.75, 3.05) is 5.73 Å². The molecule has 0 saturated heterocycles. The van der Waals surface area contributed by atoms with E-state index in [0.717, 1.165) is 22.2 Å². The number of nitrogens with zero attached hydrogens (tertiary/aromatic N) is 3. The molecule has 0 spiro atoms. The second kappa shape index (κ2) is 3.10. The van der Waals surface area contributed by atoms with E-state index < -0.39 is 0 Å². The normalized spacial score (nSPS) is 11.1. The van der Waals surface area contributed by atoms with Gasteiger partial charge in [0, 0.05) is 12.6 Å². The highest BCUT2D eigenvalue weighted by molar-refractivity contribution is 5.94. The number of fused-ring (bicyclic) bond motifs is 1. The molecule has 3 aromatic rings. The maximum atomic E-state index is 5.71. The zero-order valence-electron chi connectivity index (χ0n) is 8.71. The topological polar surface area (TPSA) is 69.9 Å². The van der Waals surface area contributed by atoms with Crippen molar-refractivity contribution in [3.05, 3.63) is 30.7 Å². The van der Waals surface area contributed by atoms with E-state index in [4.69, 9.17) is 10.3 Å². The van der Waals surface area contributed by atoms with Gasteiger partial charge in [-0.15, -0.1) is 0 Å². The van der Waals surface area contributed by atoms with Crippen molar-refractivity contribution in [2.24, 2.45) is 7.05 Å². The molecule has 0 bridgehead atoms. The van der Waals surface area contributed by atoms with Crippen LogP contribution in [0.4, 0.5) is 5.88 Å². The molecule has 5 nitrogen and oxygen atoms in total. The number of aryl methyl sites for hydroxylation is 1. The van der Waals surface area contributed by atoms with E-state index in [1.807, 2.05) is 29.8 Å². The van der Waals surface area contributed by atoms with Crippen molar-refractivity contribution in [3.8, 4) is 11.1 Å². The first-order valence-corrected chi connectivity index (χ1v) is 4.88. The highest BCUT2D eigenvalue weighted by Gasteiger charge is 2.12. The molecular weight excluding hydrogens is 204 g/mol. The van der Waals surface area contributed by atoms with Gasteiger partial charge in [-0.2, -0.15) is 0 Å². The van der Waals surface area contributed by atoms with Crippen LogP contribution in [0.5, 0.6) is 0 Å². The van der Waals surface area contributed by atoms with Crippen LogP contribution < -0.4 is 5.73 Å². The summed E-state index contributed by atoms with van der Waals surface area (Å²) in [5.74, 6) is 0.318. The molecule has 2 heterocycles. The van der Waals surface area contributed by atoms with Gasteiger partial charge in [0.05, 0.1) is 29.1 Å². The summed E-state index contributed by atoms with van der Waals surface area (Å²) in [6.45, 7) is 0. The first-order chi connectivity index (χ1) is 7.77. The van der Waals surface area contributed by atoms with Gasteiger partial charge < -0.3 is 14.8 Å². The quantitative estimate of drug-likeness (QED) is 0.670. The van der Waals surface area contributed by atoms with Crippen molar-refractivity contribution in [3.63, 3.8) is 0 Å².